The van der Waals surface area contributed by atoms with Gasteiger partial charge in [0.2, 0.25) is 0 Å². The molecule has 11 heteroatoms. The van der Waals surface area contributed by atoms with E-state index >= 15 is 0 Å². The number of unbranched alkanes of at least 4 members (excludes halogenated alkanes) is 22. The van der Waals surface area contributed by atoms with E-state index in [1.807, 2.05) is 0 Å². The van der Waals surface area contributed by atoms with Gasteiger partial charge < -0.3 is 24.6 Å². The fourth-order valence-electron chi connectivity index (χ4n) is 5.75. The van der Waals surface area contributed by atoms with Gasteiger partial charge in [-0.15, -0.1) is 0 Å². The maximum atomic E-state index is 12.6. The Morgan fingerprint density at radius 1 is 0.547 bits per heavy atom. The Morgan fingerprint density at radius 3 is 1.42 bits per heavy atom. The minimum absolute atomic E-state index is 0.177. The molecule has 0 aliphatic carbocycles. The highest BCUT2D eigenvalue weighted by atomic mass is 31.2. The predicted molar refractivity (Wildman–Crippen MR) is 215 cm³/mol. The highest BCUT2D eigenvalue weighted by Crippen LogP contribution is 2.43. The summed E-state index contributed by atoms with van der Waals surface area (Å²) in [6.45, 7) is 2.35. The third-order valence-electron chi connectivity index (χ3n) is 9.08. The second kappa shape index (κ2) is 38.7. The lowest BCUT2D eigenvalue weighted by molar-refractivity contribution is -0.161. The number of carbonyl (C=O) groups is 2. The minimum atomic E-state index is -4.62. The number of hydrogen-bond acceptors (Lipinski definition) is 9. The van der Waals surface area contributed by atoms with Crippen LogP contribution in [0.5, 0.6) is 0 Å². The van der Waals surface area contributed by atoms with Crippen LogP contribution in [-0.4, -0.2) is 65.7 Å². The molecule has 0 aliphatic rings. The Kier molecular flexibility index (Phi) is 37.6. The molecule has 53 heavy (non-hydrogen) atoms. The smallest absolute Gasteiger partial charge is 0.462 e. The number of allylic oxidation sites excluding steroid dienone is 4. The molecule has 3 atom stereocenters. The van der Waals surface area contributed by atoms with Crippen LogP contribution in [0.15, 0.2) is 24.3 Å². The molecule has 0 bridgehead atoms. The molecule has 0 rings (SSSR count). The number of ether oxygens (including phenoxy) is 2. The van der Waals surface area contributed by atoms with Crippen LogP contribution in [0.1, 0.15) is 194 Å². The van der Waals surface area contributed by atoms with Crippen molar-refractivity contribution in [2.24, 2.45) is 0 Å². The first-order valence-electron chi connectivity index (χ1n) is 21.3. The summed E-state index contributed by atoms with van der Waals surface area (Å²) in [4.78, 5) is 34.9. The van der Waals surface area contributed by atoms with Crippen LogP contribution in [0, 0.1) is 0 Å². The first kappa shape index (κ1) is 51.5. The van der Waals surface area contributed by atoms with Crippen LogP contribution in [0.4, 0.5) is 0 Å². The van der Waals surface area contributed by atoms with Crippen LogP contribution < -0.4 is 0 Å². The summed E-state index contributed by atoms with van der Waals surface area (Å²) in [6.07, 6.45) is 37.1. The van der Waals surface area contributed by atoms with E-state index in [2.05, 4.69) is 42.7 Å². The lowest BCUT2D eigenvalue weighted by Gasteiger charge is -2.20. The molecule has 312 valence electrons. The maximum Gasteiger partial charge on any atom is 0.472 e. The zero-order valence-electron chi connectivity index (χ0n) is 33.7. The van der Waals surface area contributed by atoms with Crippen molar-refractivity contribution in [3.63, 3.8) is 0 Å². The van der Waals surface area contributed by atoms with E-state index in [9.17, 15) is 24.2 Å². The summed E-state index contributed by atoms with van der Waals surface area (Å²) in [6, 6.07) is 0. The van der Waals surface area contributed by atoms with Crippen LogP contribution in [0.3, 0.4) is 0 Å². The Bertz CT molecular complexity index is 941. The molecule has 0 saturated heterocycles. The third-order valence-corrected chi connectivity index (χ3v) is 10.0. The largest absolute Gasteiger partial charge is 0.472 e. The van der Waals surface area contributed by atoms with Crippen molar-refractivity contribution in [1.82, 2.24) is 0 Å². The van der Waals surface area contributed by atoms with Gasteiger partial charge >= 0.3 is 19.8 Å². The molecule has 0 saturated carbocycles. The van der Waals surface area contributed by atoms with Gasteiger partial charge in [0.25, 0.3) is 0 Å². The second-order valence-electron chi connectivity index (χ2n) is 14.4. The van der Waals surface area contributed by atoms with E-state index < -0.39 is 51.8 Å². The van der Waals surface area contributed by atoms with Gasteiger partial charge in [0.1, 0.15) is 12.7 Å². The van der Waals surface area contributed by atoms with Crippen molar-refractivity contribution in [3.8, 4) is 0 Å². The van der Waals surface area contributed by atoms with E-state index in [-0.39, 0.29) is 19.4 Å². The molecular weight excluding hydrogens is 695 g/mol. The van der Waals surface area contributed by atoms with Gasteiger partial charge in [-0.3, -0.25) is 18.6 Å². The number of phosphoric acid groups is 1. The molecule has 10 nitrogen and oxygen atoms in total. The molecule has 0 aromatic rings. The number of aliphatic hydroxyl groups excluding tert-OH is 2. The minimum Gasteiger partial charge on any atom is -0.462 e. The van der Waals surface area contributed by atoms with Gasteiger partial charge in [-0.1, -0.05) is 141 Å². The summed E-state index contributed by atoms with van der Waals surface area (Å²) >= 11 is 0. The van der Waals surface area contributed by atoms with E-state index in [1.54, 1.807) is 0 Å². The first-order valence-corrected chi connectivity index (χ1v) is 22.8. The zero-order chi connectivity index (χ0) is 39.1. The molecule has 0 amide bonds. The monoisotopic (exact) mass is 775 g/mol. The summed E-state index contributed by atoms with van der Waals surface area (Å²) in [5.41, 5.74) is 0. The maximum absolute atomic E-state index is 12.6. The molecule has 0 radical (unpaired) electrons. The first-order chi connectivity index (χ1) is 25.7. The van der Waals surface area contributed by atoms with Crippen molar-refractivity contribution < 1.29 is 47.8 Å². The standard InChI is InChI=1S/C42H79O10P/c1-3-5-7-9-11-13-15-17-19-21-23-25-27-29-31-33-41(45)49-37-40(38-51-53(47,48)50-36-39(44)35-43)52-42(46)34-32-30-28-26-24-22-20-18-16-14-12-10-8-6-4-2/h14,16,23,25,39-40,43-44H,3-13,15,17-22,24,26-38H2,1-2H3,(H,47,48)/b16-14+,25-23+/t39-,40+/m0/s1. The van der Waals surface area contributed by atoms with Gasteiger partial charge in [0.05, 0.1) is 19.8 Å². The quantitative estimate of drug-likeness (QED) is 0.0238. The Morgan fingerprint density at radius 2 is 0.925 bits per heavy atom. The number of esters is 2. The molecule has 3 N–H and O–H groups in total. The summed E-state index contributed by atoms with van der Waals surface area (Å²) in [7, 11) is -4.62. The lowest BCUT2D eigenvalue weighted by Crippen LogP contribution is -2.29. The van der Waals surface area contributed by atoms with Crippen molar-refractivity contribution in [2.45, 2.75) is 206 Å². The number of phosphoric ester groups is 1. The Balaban J connectivity index is 4.33. The van der Waals surface area contributed by atoms with E-state index in [1.165, 1.54) is 109 Å². The van der Waals surface area contributed by atoms with Crippen molar-refractivity contribution in [1.29, 1.82) is 0 Å². The molecule has 1 unspecified atom stereocenters. The number of aliphatic hydroxyl groups is 2. The van der Waals surface area contributed by atoms with Crippen molar-refractivity contribution in [2.75, 3.05) is 26.4 Å². The average molecular weight is 775 g/mol. The lowest BCUT2D eigenvalue weighted by atomic mass is 10.1. The second-order valence-corrected chi connectivity index (χ2v) is 15.8. The molecule has 0 spiro atoms. The number of carbonyl (C=O) groups excluding carboxylic acids is 2. The molecule has 0 fully saturated rings. The highest BCUT2D eigenvalue weighted by molar-refractivity contribution is 7.47. The fraction of sp³-hybridized carbons (Fsp3) is 0.857. The summed E-state index contributed by atoms with van der Waals surface area (Å²) < 4.78 is 32.7. The fourth-order valence-corrected chi connectivity index (χ4v) is 6.54. The van der Waals surface area contributed by atoms with Crippen LogP contribution in [0.2, 0.25) is 0 Å². The van der Waals surface area contributed by atoms with Gasteiger partial charge in [-0.25, -0.2) is 4.57 Å². The Hall–Kier alpha value is -1.55. The zero-order valence-corrected chi connectivity index (χ0v) is 34.6. The molecule has 0 aliphatic heterocycles. The van der Waals surface area contributed by atoms with Crippen molar-refractivity contribution in [3.05, 3.63) is 24.3 Å². The van der Waals surface area contributed by atoms with E-state index in [4.69, 9.17) is 19.1 Å². The molecule has 0 heterocycles. The van der Waals surface area contributed by atoms with E-state index in [0.717, 1.165) is 44.9 Å². The van der Waals surface area contributed by atoms with Crippen LogP contribution in [-0.2, 0) is 32.7 Å². The van der Waals surface area contributed by atoms with Gasteiger partial charge in [-0.2, -0.15) is 0 Å². The SMILES string of the molecule is CCCCCC/C=C/CCCCCCCCCC(=O)O[C@H](COC(=O)CCCC/C=C/CCCCCCCCCCC)COP(=O)(O)OC[C@@H](O)CO. The van der Waals surface area contributed by atoms with E-state index in [0.29, 0.717) is 12.8 Å². The molecule has 0 aromatic heterocycles. The number of rotatable bonds is 40. The summed E-state index contributed by atoms with van der Waals surface area (Å²) in [5, 5.41) is 18.3. The predicted octanol–water partition coefficient (Wildman–Crippen LogP) is 11.0. The average Bonchev–Trinajstić information content (AvgIpc) is 3.14. The van der Waals surface area contributed by atoms with Gasteiger partial charge in [-0.05, 0) is 64.2 Å². The normalized spacial score (nSPS) is 14.1. The van der Waals surface area contributed by atoms with Crippen molar-refractivity contribution >= 4 is 19.8 Å². The summed E-state index contributed by atoms with van der Waals surface area (Å²) in [5.74, 6) is -0.952. The molecular formula is C42H79O10P. The molecule has 0 aromatic carbocycles. The van der Waals surface area contributed by atoms with Gasteiger partial charge in [0.15, 0.2) is 6.10 Å². The Labute approximate surface area is 323 Å². The number of hydrogen-bond donors (Lipinski definition) is 3. The van der Waals surface area contributed by atoms with Gasteiger partial charge in [0, 0.05) is 12.8 Å². The highest BCUT2D eigenvalue weighted by Gasteiger charge is 2.27. The van der Waals surface area contributed by atoms with Crippen LogP contribution >= 0.6 is 7.82 Å². The third kappa shape index (κ3) is 38.5. The topological polar surface area (TPSA) is 149 Å². The van der Waals surface area contributed by atoms with Crippen LogP contribution in [0.25, 0.3) is 0 Å².